The lowest BCUT2D eigenvalue weighted by Gasteiger charge is -2.14. The number of benzene rings is 4. The number of fused-ring (bicyclic) bond motifs is 1. The van der Waals surface area contributed by atoms with Gasteiger partial charge in [-0.05, 0) is 68.3 Å². The molecule has 4 aromatic carbocycles. The number of aromatic nitrogens is 2. The molecule has 0 amide bonds. The maximum absolute atomic E-state index is 15.9. The van der Waals surface area contributed by atoms with Gasteiger partial charge in [0.25, 0.3) is 10.0 Å². The number of hydrogen-bond acceptors (Lipinski definition) is 10. The zero-order valence-electron chi connectivity index (χ0n) is 27.9. The van der Waals surface area contributed by atoms with Crippen LogP contribution in [0, 0.1) is 18.6 Å². The first-order valence-electron chi connectivity index (χ1n) is 15.8. The Kier molecular flexibility index (Phi) is 10.1. The molecule has 0 aliphatic carbocycles. The molecule has 0 N–H and O–H groups in total. The number of ether oxygens (including phenoxy) is 2. The number of carbonyl (C=O) groups is 2. The molecular weight excluding hydrogens is 735 g/mol. The summed E-state index contributed by atoms with van der Waals surface area (Å²) in [6, 6.07) is 18.2. The highest BCUT2D eigenvalue weighted by Gasteiger charge is 2.29. The number of halogens is 2. The number of nitrogens with zero attached hydrogens (tertiary/aromatic N) is 2. The van der Waals surface area contributed by atoms with Gasteiger partial charge in [-0.2, -0.15) is 0 Å². The van der Waals surface area contributed by atoms with Crippen molar-refractivity contribution in [3.63, 3.8) is 0 Å². The minimum absolute atomic E-state index is 0.0363. The smallest absolute Gasteiger partial charge is 0.306 e. The van der Waals surface area contributed by atoms with Gasteiger partial charge in [0, 0.05) is 46.8 Å². The zero-order chi connectivity index (χ0) is 37.4. The summed E-state index contributed by atoms with van der Waals surface area (Å²) in [6.07, 6.45) is 2.48. The van der Waals surface area contributed by atoms with Crippen LogP contribution in [0.5, 0.6) is 11.5 Å². The lowest BCUT2D eigenvalue weighted by atomic mass is 10.0. The molecule has 0 unspecified atom stereocenters. The highest BCUT2D eigenvalue weighted by Crippen LogP contribution is 2.40. The normalized spacial score (nSPS) is 11.9. The largest absolute Gasteiger partial charge is 0.466 e. The minimum Gasteiger partial charge on any atom is -0.466 e. The summed E-state index contributed by atoms with van der Waals surface area (Å²) in [5, 5.41) is 1.45. The Bertz CT molecular complexity index is 2580. The van der Waals surface area contributed by atoms with E-state index < -0.39 is 47.9 Å². The lowest BCUT2D eigenvalue weighted by Crippen LogP contribution is -2.12. The van der Waals surface area contributed by atoms with Crippen LogP contribution in [-0.2, 0) is 35.8 Å². The summed E-state index contributed by atoms with van der Waals surface area (Å²) in [4.78, 5) is 28.7. The van der Waals surface area contributed by atoms with Crippen molar-refractivity contribution in [1.29, 1.82) is 0 Å². The molecule has 6 rings (SSSR count). The van der Waals surface area contributed by atoms with Gasteiger partial charge in [-0.25, -0.2) is 34.6 Å². The molecule has 10 nitrogen and oxygen atoms in total. The van der Waals surface area contributed by atoms with E-state index in [-0.39, 0.29) is 56.8 Å². The molecular formula is C37H30F2N2O8S3. The highest BCUT2D eigenvalue weighted by atomic mass is 32.2. The predicted octanol–water partition coefficient (Wildman–Crippen LogP) is 7.51. The zero-order valence-corrected chi connectivity index (χ0v) is 30.4. The number of aryl methyl sites for hydroxylation is 2. The van der Waals surface area contributed by atoms with Crippen LogP contribution in [-0.4, -0.2) is 50.4 Å². The molecule has 2 heterocycles. The number of hydrogen-bond donors (Lipinski definition) is 0. The van der Waals surface area contributed by atoms with E-state index >= 15 is 8.78 Å². The van der Waals surface area contributed by atoms with Crippen LogP contribution < -0.4 is 4.74 Å². The second kappa shape index (κ2) is 14.4. The van der Waals surface area contributed by atoms with Gasteiger partial charge < -0.3 is 9.47 Å². The van der Waals surface area contributed by atoms with E-state index in [4.69, 9.17) is 9.47 Å². The molecule has 6 aromatic rings. The molecule has 0 radical (unpaired) electrons. The minimum atomic E-state index is -4.24. The van der Waals surface area contributed by atoms with Crippen molar-refractivity contribution >= 4 is 53.9 Å². The van der Waals surface area contributed by atoms with Crippen molar-refractivity contribution in [2.45, 2.75) is 36.5 Å². The Labute approximate surface area is 302 Å². The van der Waals surface area contributed by atoms with Gasteiger partial charge in [0.15, 0.2) is 21.4 Å². The first-order valence-corrected chi connectivity index (χ1v) is 20.0. The first kappa shape index (κ1) is 36.5. The second-order valence-corrected chi connectivity index (χ2v) is 16.4. The number of ketones is 1. The molecule has 0 saturated heterocycles. The third-order valence-corrected chi connectivity index (χ3v) is 11.7. The summed E-state index contributed by atoms with van der Waals surface area (Å²) >= 11 is 0.977. The summed E-state index contributed by atoms with van der Waals surface area (Å²) in [5.41, 5.74) is 1.60. The number of esters is 1. The van der Waals surface area contributed by atoms with Gasteiger partial charge in [0.2, 0.25) is 5.78 Å². The van der Waals surface area contributed by atoms with Crippen LogP contribution in [0.25, 0.3) is 21.5 Å². The van der Waals surface area contributed by atoms with Gasteiger partial charge in [0.1, 0.15) is 27.2 Å². The average Bonchev–Trinajstić information content (AvgIpc) is 3.76. The highest BCUT2D eigenvalue weighted by molar-refractivity contribution is 7.91. The molecule has 2 aromatic heterocycles. The van der Waals surface area contributed by atoms with Crippen LogP contribution in [0.1, 0.15) is 40.5 Å². The van der Waals surface area contributed by atoms with Crippen molar-refractivity contribution in [2.75, 3.05) is 12.9 Å². The maximum atomic E-state index is 15.9. The van der Waals surface area contributed by atoms with E-state index in [1.165, 1.54) is 35.7 Å². The molecule has 0 aliphatic rings. The monoisotopic (exact) mass is 764 g/mol. The summed E-state index contributed by atoms with van der Waals surface area (Å²) in [6.45, 7) is 3.77. The standard InChI is InChI=1S/C37H30F2N2O8S3/c1-4-48-33(42)15-10-23-6-5-7-24(18-23)34(43)31-21-50-37(40-31)28-19-25(11-14-29(28)38)49-35-30(39)20-32-27(36(35)51(3,44)45)16-17-41(32)52(46,47)26-12-8-22(2)9-13-26/h5-9,11-14,16-21H,4,10,15H2,1-3H3. The van der Waals surface area contributed by atoms with E-state index in [1.807, 2.05) is 0 Å². The molecule has 0 saturated carbocycles. The van der Waals surface area contributed by atoms with Crippen molar-refractivity contribution in [1.82, 2.24) is 8.96 Å². The maximum Gasteiger partial charge on any atom is 0.306 e. The van der Waals surface area contributed by atoms with Crippen LogP contribution in [0.4, 0.5) is 8.78 Å². The van der Waals surface area contributed by atoms with E-state index in [0.29, 0.717) is 12.0 Å². The number of sulfone groups is 1. The Morgan fingerprint density at radius 3 is 2.38 bits per heavy atom. The predicted molar refractivity (Wildman–Crippen MR) is 191 cm³/mol. The van der Waals surface area contributed by atoms with Crippen LogP contribution in [0.15, 0.2) is 100 Å². The van der Waals surface area contributed by atoms with E-state index in [1.54, 1.807) is 50.2 Å². The first-order chi connectivity index (χ1) is 24.7. The number of thiazole rings is 1. The van der Waals surface area contributed by atoms with Crippen LogP contribution in [0.2, 0.25) is 0 Å². The molecule has 0 atom stereocenters. The Balaban J connectivity index is 1.31. The van der Waals surface area contributed by atoms with Crippen LogP contribution in [0.3, 0.4) is 0 Å². The summed E-state index contributed by atoms with van der Waals surface area (Å²) < 4.78 is 95.7. The van der Waals surface area contributed by atoms with E-state index in [2.05, 4.69) is 4.98 Å². The topological polar surface area (TPSA) is 139 Å². The molecule has 268 valence electrons. The summed E-state index contributed by atoms with van der Waals surface area (Å²) in [5.74, 6) is -3.56. The fourth-order valence-corrected chi connectivity index (χ4v) is 8.72. The van der Waals surface area contributed by atoms with Gasteiger partial charge in [-0.1, -0.05) is 35.9 Å². The molecule has 0 spiro atoms. The van der Waals surface area contributed by atoms with Crippen molar-refractivity contribution in [3.05, 3.63) is 124 Å². The second-order valence-electron chi connectivity index (χ2n) is 11.8. The average molecular weight is 765 g/mol. The SMILES string of the molecule is CCOC(=O)CCc1cccc(C(=O)c2csc(-c3cc(Oc4c(F)cc5c(ccn5S(=O)(=O)c5ccc(C)cc5)c4S(C)(=O)=O)ccc3F)n2)c1. The molecule has 0 fully saturated rings. The number of rotatable bonds is 12. The fraction of sp³-hybridized carbons (Fsp3) is 0.162. The van der Waals surface area contributed by atoms with Gasteiger partial charge >= 0.3 is 5.97 Å². The lowest BCUT2D eigenvalue weighted by molar-refractivity contribution is -0.143. The van der Waals surface area contributed by atoms with Gasteiger partial charge in [0.05, 0.1) is 17.0 Å². The van der Waals surface area contributed by atoms with Crippen LogP contribution >= 0.6 is 11.3 Å². The fourth-order valence-electron chi connectivity index (χ4n) is 5.52. The Hall–Kier alpha value is -5.25. The van der Waals surface area contributed by atoms with Gasteiger partial charge in [-0.15, -0.1) is 11.3 Å². The molecule has 15 heteroatoms. The molecule has 0 bridgehead atoms. The Morgan fingerprint density at radius 1 is 0.923 bits per heavy atom. The van der Waals surface area contributed by atoms with Crippen molar-refractivity contribution < 1.29 is 44.7 Å². The van der Waals surface area contributed by atoms with E-state index in [9.17, 15) is 26.4 Å². The third-order valence-electron chi connectivity index (χ3n) is 8.01. The molecule has 0 aliphatic heterocycles. The number of carbonyl (C=O) groups excluding carboxylic acids is 2. The van der Waals surface area contributed by atoms with Gasteiger partial charge in [-0.3, -0.25) is 9.59 Å². The quantitative estimate of drug-likeness (QED) is 0.0915. The summed E-state index contributed by atoms with van der Waals surface area (Å²) in [7, 11) is -8.48. The molecule has 52 heavy (non-hydrogen) atoms. The van der Waals surface area contributed by atoms with Crippen molar-refractivity contribution in [2.24, 2.45) is 0 Å². The Morgan fingerprint density at radius 2 is 1.67 bits per heavy atom. The third kappa shape index (κ3) is 7.38. The van der Waals surface area contributed by atoms with E-state index in [0.717, 1.165) is 51.0 Å². The van der Waals surface area contributed by atoms with Crippen molar-refractivity contribution in [3.8, 4) is 22.1 Å².